The summed E-state index contributed by atoms with van der Waals surface area (Å²) in [7, 11) is 0. The molecule has 2 aromatic rings. The fourth-order valence-corrected chi connectivity index (χ4v) is 3.11. The number of nitrogens with one attached hydrogen (secondary N) is 1. The van der Waals surface area contributed by atoms with E-state index in [4.69, 9.17) is 4.74 Å². The molecule has 1 aliphatic rings. The SMILES string of the molecule is CC[C@@H](C)Oc1cccc(CN2CCn3nc(CNC(C)=O)cc3C2)c1. The molecule has 1 atom stereocenters. The summed E-state index contributed by atoms with van der Waals surface area (Å²) >= 11 is 0. The summed E-state index contributed by atoms with van der Waals surface area (Å²) in [5, 5.41) is 7.38. The van der Waals surface area contributed by atoms with Gasteiger partial charge in [0.1, 0.15) is 5.75 Å². The Hall–Kier alpha value is -2.34. The van der Waals surface area contributed by atoms with Crippen LogP contribution in [0.2, 0.25) is 0 Å². The first-order valence-corrected chi connectivity index (χ1v) is 9.31. The number of amides is 1. The number of nitrogens with zero attached hydrogens (tertiary/aromatic N) is 3. The van der Waals surface area contributed by atoms with Crippen LogP contribution in [0.3, 0.4) is 0 Å². The monoisotopic (exact) mass is 356 g/mol. The molecular weight excluding hydrogens is 328 g/mol. The van der Waals surface area contributed by atoms with E-state index in [0.717, 1.165) is 44.0 Å². The molecule has 0 saturated carbocycles. The van der Waals surface area contributed by atoms with E-state index in [9.17, 15) is 4.79 Å². The molecule has 1 amide bonds. The van der Waals surface area contributed by atoms with E-state index in [2.05, 4.69) is 58.1 Å². The van der Waals surface area contributed by atoms with Crippen LogP contribution in [-0.2, 0) is 31.0 Å². The minimum Gasteiger partial charge on any atom is -0.491 e. The molecule has 0 radical (unpaired) electrons. The summed E-state index contributed by atoms with van der Waals surface area (Å²) in [6.45, 7) is 9.83. The van der Waals surface area contributed by atoms with Gasteiger partial charge in [0.15, 0.2) is 0 Å². The third-order valence-corrected chi connectivity index (χ3v) is 4.66. The van der Waals surface area contributed by atoms with E-state index in [1.807, 2.05) is 6.07 Å². The van der Waals surface area contributed by atoms with Crippen molar-refractivity contribution in [1.29, 1.82) is 0 Å². The number of carbonyl (C=O) groups excluding carboxylic acids is 1. The molecule has 1 N–H and O–H groups in total. The first kappa shape index (κ1) is 18.5. The molecule has 0 unspecified atom stereocenters. The smallest absolute Gasteiger partial charge is 0.217 e. The van der Waals surface area contributed by atoms with Gasteiger partial charge in [-0.1, -0.05) is 19.1 Å². The van der Waals surface area contributed by atoms with Gasteiger partial charge in [0, 0.05) is 26.6 Å². The second kappa shape index (κ2) is 8.36. The first-order valence-electron chi connectivity index (χ1n) is 9.31. The van der Waals surface area contributed by atoms with Crippen LogP contribution in [0.25, 0.3) is 0 Å². The fraction of sp³-hybridized carbons (Fsp3) is 0.500. The molecule has 140 valence electrons. The van der Waals surface area contributed by atoms with Gasteiger partial charge < -0.3 is 10.1 Å². The van der Waals surface area contributed by atoms with E-state index in [0.29, 0.717) is 6.54 Å². The molecule has 3 rings (SSSR count). The van der Waals surface area contributed by atoms with Crippen molar-refractivity contribution in [2.24, 2.45) is 0 Å². The molecule has 1 aromatic carbocycles. The molecule has 0 fully saturated rings. The Morgan fingerprint density at radius 2 is 2.19 bits per heavy atom. The second-order valence-electron chi connectivity index (χ2n) is 6.95. The lowest BCUT2D eigenvalue weighted by Crippen LogP contribution is -2.33. The summed E-state index contributed by atoms with van der Waals surface area (Å²) < 4.78 is 7.98. The van der Waals surface area contributed by atoms with Gasteiger partial charge in [0.05, 0.1) is 30.6 Å². The third-order valence-electron chi connectivity index (χ3n) is 4.66. The molecule has 6 heteroatoms. The van der Waals surface area contributed by atoms with Crippen molar-refractivity contribution in [3.63, 3.8) is 0 Å². The van der Waals surface area contributed by atoms with Crippen LogP contribution in [0.4, 0.5) is 0 Å². The maximum Gasteiger partial charge on any atom is 0.217 e. The Balaban J connectivity index is 1.61. The van der Waals surface area contributed by atoms with E-state index in [-0.39, 0.29) is 12.0 Å². The molecular formula is C20H28N4O2. The van der Waals surface area contributed by atoms with Crippen LogP contribution >= 0.6 is 0 Å². The topological polar surface area (TPSA) is 59.4 Å². The van der Waals surface area contributed by atoms with Crippen LogP contribution < -0.4 is 10.1 Å². The Morgan fingerprint density at radius 1 is 1.35 bits per heavy atom. The first-order chi connectivity index (χ1) is 12.5. The van der Waals surface area contributed by atoms with E-state index < -0.39 is 0 Å². The molecule has 26 heavy (non-hydrogen) atoms. The van der Waals surface area contributed by atoms with Gasteiger partial charge in [-0.05, 0) is 37.1 Å². The zero-order valence-electron chi connectivity index (χ0n) is 15.9. The van der Waals surface area contributed by atoms with Gasteiger partial charge in [-0.25, -0.2) is 0 Å². The minimum absolute atomic E-state index is 0.0305. The van der Waals surface area contributed by atoms with Gasteiger partial charge in [-0.15, -0.1) is 0 Å². The van der Waals surface area contributed by atoms with Crippen LogP contribution in [0.15, 0.2) is 30.3 Å². The Morgan fingerprint density at radius 3 is 2.96 bits per heavy atom. The molecule has 1 aromatic heterocycles. The number of carbonyl (C=O) groups is 1. The van der Waals surface area contributed by atoms with E-state index >= 15 is 0 Å². The van der Waals surface area contributed by atoms with Gasteiger partial charge in [0.25, 0.3) is 0 Å². The van der Waals surface area contributed by atoms with Crippen molar-refractivity contribution in [3.8, 4) is 5.75 Å². The van der Waals surface area contributed by atoms with Crippen LogP contribution in [0.1, 0.15) is 44.1 Å². The average molecular weight is 356 g/mol. The summed E-state index contributed by atoms with van der Waals surface area (Å²) in [5.74, 6) is 0.911. The molecule has 0 bridgehead atoms. The van der Waals surface area contributed by atoms with Crippen molar-refractivity contribution in [1.82, 2.24) is 20.0 Å². The molecule has 0 aliphatic carbocycles. The van der Waals surface area contributed by atoms with Crippen LogP contribution in [0.5, 0.6) is 5.75 Å². The normalized spacial score (nSPS) is 15.3. The lowest BCUT2D eigenvalue weighted by Gasteiger charge is -2.27. The predicted octanol–water partition coefficient (Wildman–Crippen LogP) is 2.71. The number of hydrogen-bond acceptors (Lipinski definition) is 4. The summed E-state index contributed by atoms with van der Waals surface area (Å²) in [6.07, 6.45) is 1.23. The van der Waals surface area contributed by atoms with Crippen molar-refractivity contribution >= 4 is 5.91 Å². The minimum atomic E-state index is -0.0305. The average Bonchev–Trinajstić information content (AvgIpc) is 3.02. The van der Waals surface area contributed by atoms with Crippen molar-refractivity contribution in [2.75, 3.05) is 6.54 Å². The zero-order valence-corrected chi connectivity index (χ0v) is 15.9. The lowest BCUT2D eigenvalue weighted by atomic mass is 10.1. The van der Waals surface area contributed by atoms with Crippen molar-refractivity contribution < 1.29 is 9.53 Å². The number of rotatable bonds is 7. The van der Waals surface area contributed by atoms with Gasteiger partial charge >= 0.3 is 0 Å². The standard InChI is InChI=1S/C20H28N4O2/c1-4-15(2)26-20-7-5-6-17(10-20)13-23-8-9-24-19(14-23)11-18(22-24)12-21-16(3)25/h5-7,10-11,15H,4,8-9,12-14H2,1-3H3,(H,21,25)/t15-/m1/s1. The summed E-state index contributed by atoms with van der Waals surface area (Å²) in [6, 6.07) is 10.5. The quantitative estimate of drug-likeness (QED) is 0.829. The molecule has 0 spiro atoms. The van der Waals surface area contributed by atoms with Crippen LogP contribution in [-0.4, -0.2) is 33.2 Å². The summed E-state index contributed by atoms with van der Waals surface area (Å²) in [4.78, 5) is 13.5. The van der Waals surface area contributed by atoms with Crippen molar-refractivity contribution in [3.05, 3.63) is 47.3 Å². The van der Waals surface area contributed by atoms with Gasteiger partial charge in [-0.2, -0.15) is 5.10 Å². The van der Waals surface area contributed by atoms with Crippen LogP contribution in [0, 0.1) is 0 Å². The molecule has 0 saturated heterocycles. The van der Waals surface area contributed by atoms with Crippen molar-refractivity contribution in [2.45, 2.75) is 59.5 Å². The van der Waals surface area contributed by atoms with E-state index in [1.165, 1.54) is 18.2 Å². The number of hydrogen-bond donors (Lipinski definition) is 1. The lowest BCUT2D eigenvalue weighted by molar-refractivity contribution is -0.119. The maximum atomic E-state index is 11.1. The fourth-order valence-electron chi connectivity index (χ4n) is 3.11. The van der Waals surface area contributed by atoms with Gasteiger partial charge in [-0.3, -0.25) is 14.4 Å². The second-order valence-corrected chi connectivity index (χ2v) is 6.95. The highest BCUT2D eigenvalue weighted by atomic mass is 16.5. The number of ether oxygens (including phenoxy) is 1. The third kappa shape index (κ3) is 4.85. The number of aromatic nitrogens is 2. The Bertz CT molecular complexity index is 756. The maximum absolute atomic E-state index is 11.1. The van der Waals surface area contributed by atoms with E-state index in [1.54, 1.807) is 0 Å². The highest BCUT2D eigenvalue weighted by molar-refractivity contribution is 5.72. The zero-order chi connectivity index (χ0) is 18.5. The highest BCUT2D eigenvalue weighted by Crippen LogP contribution is 2.20. The molecule has 1 aliphatic heterocycles. The largest absolute Gasteiger partial charge is 0.491 e. The number of fused-ring (bicyclic) bond motifs is 1. The number of benzene rings is 1. The molecule has 6 nitrogen and oxygen atoms in total. The Kier molecular flexibility index (Phi) is 5.93. The summed E-state index contributed by atoms with van der Waals surface area (Å²) in [5.41, 5.74) is 3.38. The van der Waals surface area contributed by atoms with Gasteiger partial charge in [0.2, 0.25) is 5.91 Å². The Labute approximate surface area is 155 Å². The predicted molar refractivity (Wildman–Crippen MR) is 101 cm³/mol. The molecule has 2 heterocycles. The highest BCUT2D eigenvalue weighted by Gasteiger charge is 2.18.